The molecule has 90 valence electrons. The number of carbonyl (C=O) groups is 1. The Morgan fingerprint density at radius 3 is 3.06 bits per heavy atom. The van der Waals surface area contributed by atoms with Crippen LogP contribution in [-0.2, 0) is 0 Å². The summed E-state index contributed by atoms with van der Waals surface area (Å²) < 4.78 is 5.17. The lowest BCUT2D eigenvalue weighted by atomic mass is 9.80. The van der Waals surface area contributed by atoms with Crippen LogP contribution in [-0.4, -0.2) is 28.1 Å². The summed E-state index contributed by atoms with van der Waals surface area (Å²) in [6.07, 6.45) is 4.13. The average Bonchev–Trinajstić information content (AvgIpc) is 2.82. The van der Waals surface area contributed by atoms with Crippen LogP contribution in [0.4, 0.5) is 0 Å². The SMILES string of the molecule is O=C(NCC1(O)CCC1)c1cc2occc2[nH]1. The Bertz CT molecular complexity index is 522. The molecule has 0 aromatic carbocycles. The summed E-state index contributed by atoms with van der Waals surface area (Å²) in [6, 6.07) is 3.43. The smallest absolute Gasteiger partial charge is 0.267 e. The summed E-state index contributed by atoms with van der Waals surface area (Å²) in [5.74, 6) is -0.211. The molecule has 17 heavy (non-hydrogen) atoms. The molecular formula is C12H14N2O3. The van der Waals surface area contributed by atoms with E-state index in [1.807, 2.05) is 0 Å². The number of furan rings is 1. The van der Waals surface area contributed by atoms with Crippen molar-refractivity contribution in [2.45, 2.75) is 24.9 Å². The van der Waals surface area contributed by atoms with Gasteiger partial charge in [0.25, 0.3) is 5.91 Å². The lowest BCUT2D eigenvalue weighted by Crippen LogP contribution is -2.47. The van der Waals surface area contributed by atoms with Crippen molar-refractivity contribution >= 4 is 17.0 Å². The molecule has 1 fully saturated rings. The van der Waals surface area contributed by atoms with Crippen molar-refractivity contribution in [3.05, 3.63) is 24.1 Å². The van der Waals surface area contributed by atoms with Crippen molar-refractivity contribution in [2.75, 3.05) is 6.54 Å². The number of aromatic amines is 1. The van der Waals surface area contributed by atoms with Crippen LogP contribution in [0.2, 0.25) is 0 Å². The number of aromatic nitrogens is 1. The molecule has 0 unspecified atom stereocenters. The molecule has 5 heteroatoms. The molecule has 3 rings (SSSR count). The van der Waals surface area contributed by atoms with E-state index in [9.17, 15) is 9.90 Å². The Morgan fingerprint density at radius 1 is 1.59 bits per heavy atom. The van der Waals surface area contributed by atoms with E-state index in [0.717, 1.165) is 24.8 Å². The predicted molar refractivity (Wildman–Crippen MR) is 61.7 cm³/mol. The maximum atomic E-state index is 11.8. The minimum absolute atomic E-state index is 0.211. The van der Waals surface area contributed by atoms with Crippen LogP contribution < -0.4 is 5.32 Å². The van der Waals surface area contributed by atoms with Crippen LogP contribution in [0.3, 0.4) is 0 Å². The lowest BCUT2D eigenvalue weighted by molar-refractivity contribution is -0.0300. The molecule has 1 aliphatic rings. The highest BCUT2D eigenvalue weighted by atomic mass is 16.3. The topological polar surface area (TPSA) is 78.3 Å². The predicted octanol–water partition coefficient (Wildman–Crippen LogP) is 1.41. The van der Waals surface area contributed by atoms with Crippen LogP contribution >= 0.6 is 0 Å². The van der Waals surface area contributed by atoms with E-state index in [2.05, 4.69) is 10.3 Å². The summed E-state index contributed by atoms with van der Waals surface area (Å²) in [5, 5.41) is 12.6. The molecule has 2 aromatic heterocycles. The zero-order valence-corrected chi connectivity index (χ0v) is 9.32. The summed E-state index contributed by atoms with van der Waals surface area (Å²) in [5.41, 5.74) is 1.23. The fourth-order valence-electron chi connectivity index (χ4n) is 2.07. The van der Waals surface area contributed by atoms with E-state index in [4.69, 9.17) is 4.42 Å². The summed E-state index contributed by atoms with van der Waals surface area (Å²) >= 11 is 0. The molecular weight excluding hydrogens is 220 g/mol. The molecule has 2 heterocycles. The van der Waals surface area contributed by atoms with E-state index >= 15 is 0 Å². The number of hydrogen-bond acceptors (Lipinski definition) is 3. The molecule has 0 spiro atoms. The van der Waals surface area contributed by atoms with E-state index < -0.39 is 5.60 Å². The Balaban J connectivity index is 1.67. The molecule has 5 nitrogen and oxygen atoms in total. The van der Waals surface area contributed by atoms with Gasteiger partial charge in [-0.2, -0.15) is 0 Å². The average molecular weight is 234 g/mol. The first-order valence-electron chi connectivity index (χ1n) is 5.73. The maximum Gasteiger partial charge on any atom is 0.267 e. The zero-order valence-electron chi connectivity index (χ0n) is 9.32. The van der Waals surface area contributed by atoms with Crippen LogP contribution in [0.5, 0.6) is 0 Å². The van der Waals surface area contributed by atoms with Crippen molar-refractivity contribution < 1.29 is 14.3 Å². The Labute approximate surface area is 97.8 Å². The standard InChI is InChI=1S/C12H14N2O3/c15-11(13-7-12(16)3-1-4-12)9-6-10-8(14-9)2-5-17-10/h2,5-6,14,16H,1,3-4,7H2,(H,13,15). The van der Waals surface area contributed by atoms with Crippen molar-refractivity contribution in [3.8, 4) is 0 Å². The minimum atomic E-state index is -0.693. The van der Waals surface area contributed by atoms with Gasteiger partial charge in [-0.25, -0.2) is 0 Å². The molecule has 3 N–H and O–H groups in total. The molecule has 0 aliphatic heterocycles. The Kier molecular flexibility index (Phi) is 2.22. The number of amides is 1. The van der Waals surface area contributed by atoms with Crippen molar-refractivity contribution in [1.82, 2.24) is 10.3 Å². The highest BCUT2D eigenvalue weighted by Gasteiger charge is 2.34. The fraction of sp³-hybridized carbons (Fsp3) is 0.417. The highest BCUT2D eigenvalue weighted by molar-refractivity contribution is 5.96. The van der Waals surface area contributed by atoms with E-state index in [1.54, 1.807) is 18.4 Å². The quantitative estimate of drug-likeness (QED) is 0.751. The molecule has 0 atom stereocenters. The number of H-pyrrole nitrogens is 1. The molecule has 1 saturated carbocycles. The van der Waals surface area contributed by atoms with Gasteiger partial charge >= 0.3 is 0 Å². The lowest BCUT2D eigenvalue weighted by Gasteiger charge is -2.36. The van der Waals surface area contributed by atoms with Gasteiger partial charge in [-0.1, -0.05) is 0 Å². The molecule has 1 aliphatic carbocycles. The van der Waals surface area contributed by atoms with E-state index in [1.165, 1.54) is 0 Å². The van der Waals surface area contributed by atoms with E-state index in [0.29, 0.717) is 17.8 Å². The second-order valence-electron chi connectivity index (χ2n) is 4.64. The third-order valence-electron chi connectivity index (χ3n) is 3.35. The maximum absolute atomic E-state index is 11.8. The van der Waals surface area contributed by atoms with Gasteiger partial charge in [0.1, 0.15) is 5.69 Å². The number of hydrogen-bond donors (Lipinski definition) is 3. The summed E-state index contributed by atoms with van der Waals surface area (Å²) in [4.78, 5) is 14.8. The van der Waals surface area contributed by atoms with Gasteiger partial charge in [-0.3, -0.25) is 4.79 Å². The second-order valence-corrected chi connectivity index (χ2v) is 4.64. The molecule has 0 bridgehead atoms. The number of aliphatic hydroxyl groups is 1. The van der Waals surface area contributed by atoms with Gasteiger partial charge < -0.3 is 19.8 Å². The van der Waals surface area contributed by atoms with Crippen LogP contribution in [0, 0.1) is 0 Å². The minimum Gasteiger partial charge on any atom is -0.463 e. The van der Waals surface area contributed by atoms with Gasteiger partial charge in [0.2, 0.25) is 0 Å². The largest absolute Gasteiger partial charge is 0.463 e. The van der Waals surface area contributed by atoms with Gasteiger partial charge in [0.05, 0.1) is 17.4 Å². The van der Waals surface area contributed by atoms with Gasteiger partial charge in [-0.05, 0) is 19.3 Å². The Morgan fingerprint density at radius 2 is 2.41 bits per heavy atom. The summed E-state index contributed by atoms with van der Waals surface area (Å²) in [6.45, 7) is 0.312. The second kappa shape index (κ2) is 3.63. The van der Waals surface area contributed by atoms with Crippen LogP contribution in [0.1, 0.15) is 29.8 Å². The molecule has 2 aromatic rings. The van der Waals surface area contributed by atoms with Gasteiger partial charge in [0.15, 0.2) is 5.58 Å². The Hall–Kier alpha value is -1.75. The zero-order chi connectivity index (χ0) is 11.9. The normalized spacial score (nSPS) is 17.9. The first-order chi connectivity index (χ1) is 8.16. The molecule has 0 saturated heterocycles. The first-order valence-corrected chi connectivity index (χ1v) is 5.73. The first kappa shape index (κ1) is 10.4. The van der Waals surface area contributed by atoms with Crippen LogP contribution in [0.25, 0.3) is 11.1 Å². The van der Waals surface area contributed by atoms with Crippen molar-refractivity contribution in [3.63, 3.8) is 0 Å². The molecule has 1 amide bonds. The van der Waals surface area contributed by atoms with Gasteiger partial charge in [-0.15, -0.1) is 0 Å². The highest BCUT2D eigenvalue weighted by Crippen LogP contribution is 2.30. The monoisotopic (exact) mass is 234 g/mol. The van der Waals surface area contributed by atoms with Crippen LogP contribution in [0.15, 0.2) is 22.8 Å². The number of rotatable bonds is 3. The van der Waals surface area contributed by atoms with Gasteiger partial charge in [0, 0.05) is 18.7 Å². The third kappa shape index (κ3) is 1.82. The number of carbonyl (C=O) groups excluding carboxylic acids is 1. The number of nitrogens with one attached hydrogen (secondary N) is 2. The van der Waals surface area contributed by atoms with Crippen molar-refractivity contribution in [1.29, 1.82) is 0 Å². The molecule has 0 radical (unpaired) electrons. The van der Waals surface area contributed by atoms with Crippen molar-refractivity contribution in [2.24, 2.45) is 0 Å². The fourth-order valence-corrected chi connectivity index (χ4v) is 2.07. The summed E-state index contributed by atoms with van der Waals surface area (Å²) in [7, 11) is 0. The third-order valence-corrected chi connectivity index (χ3v) is 3.35. The number of fused-ring (bicyclic) bond motifs is 1. The van der Waals surface area contributed by atoms with E-state index in [-0.39, 0.29) is 5.91 Å².